The lowest BCUT2D eigenvalue weighted by atomic mass is 9.95. The Hall–Kier alpha value is -2.93. The van der Waals surface area contributed by atoms with Gasteiger partial charge in [0.15, 0.2) is 0 Å². The van der Waals surface area contributed by atoms with Crippen LogP contribution in [0.5, 0.6) is 11.6 Å². The zero-order chi connectivity index (χ0) is 20.8. The van der Waals surface area contributed by atoms with E-state index in [-0.39, 0.29) is 23.8 Å². The van der Waals surface area contributed by atoms with Gasteiger partial charge in [-0.25, -0.2) is 4.98 Å². The van der Waals surface area contributed by atoms with Crippen molar-refractivity contribution in [2.45, 2.75) is 38.2 Å². The third kappa shape index (κ3) is 5.16. The number of hydrogen-bond donors (Lipinski definition) is 1. The normalized spacial score (nSPS) is 19.9. The molecule has 0 unspecified atom stereocenters. The lowest BCUT2D eigenvalue weighted by Crippen LogP contribution is -2.47. The topological polar surface area (TPSA) is 80.8 Å². The van der Waals surface area contributed by atoms with Gasteiger partial charge in [0.25, 0.3) is 5.91 Å². The molecule has 0 saturated carbocycles. The minimum atomic E-state index is -0.299. The maximum Gasteiger partial charge on any atom is 0.251 e. The van der Waals surface area contributed by atoms with Crippen molar-refractivity contribution < 1.29 is 19.1 Å². The summed E-state index contributed by atoms with van der Waals surface area (Å²) >= 11 is 0. The molecule has 7 heteroatoms. The molecule has 2 fully saturated rings. The number of benzene rings is 1. The standard InChI is InChI=1S/C23H27N3O4/c27-22(17-11-13-26(14-12-17)23(28)20-8-4-5-15-29-20)25-18-9-10-21(24-16-18)30-19-6-2-1-3-7-19/h1-3,6-7,9-10,16-17,20H,4-5,8,11-15H2,(H,25,27)/t20-/m1/s1. The Kier molecular flexibility index (Phi) is 6.59. The largest absolute Gasteiger partial charge is 0.439 e. The summed E-state index contributed by atoms with van der Waals surface area (Å²) in [7, 11) is 0. The van der Waals surface area contributed by atoms with E-state index in [1.807, 2.05) is 35.2 Å². The van der Waals surface area contributed by atoms with Crippen LogP contribution >= 0.6 is 0 Å². The Morgan fingerprint density at radius 1 is 1.03 bits per heavy atom. The van der Waals surface area contributed by atoms with Gasteiger partial charge in [-0.15, -0.1) is 0 Å². The molecule has 2 aliphatic rings. The molecule has 1 aromatic carbocycles. The molecule has 4 rings (SSSR count). The van der Waals surface area contributed by atoms with Crippen molar-refractivity contribution >= 4 is 17.5 Å². The number of aromatic nitrogens is 1. The summed E-state index contributed by atoms with van der Waals surface area (Å²) < 4.78 is 11.3. The van der Waals surface area contributed by atoms with Gasteiger partial charge >= 0.3 is 0 Å². The van der Waals surface area contributed by atoms with Crippen LogP contribution < -0.4 is 10.1 Å². The average molecular weight is 409 g/mol. The van der Waals surface area contributed by atoms with E-state index < -0.39 is 0 Å². The molecule has 0 aliphatic carbocycles. The highest BCUT2D eigenvalue weighted by Gasteiger charge is 2.32. The number of nitrogens with zero attached hydrogens (tertiary/aromatic N) is 2. The number of pyridine rings is 1. The molecule has 0 spiro atoms. The highest BCUT2D eigenvalue weighted by molar-refractivity contribution is 5.92. The fraction of sp³-hybridized carbons (Fsp3) is 0.435. The Bertz CT molecular complexity index is 843. The van der Waals surface area contributed by atoms with E-state index >= 15 is 0 Å². The zero-order valence-electron chi connectivity index (χ0n) is 17.0. The first-order valence-electron chi connectivity index (χ1n) is 10.6. The minimum absolute atomic E-state index is 0.0328. The van der Waals surface area contributed by atoms with Crippen molar-refractivity contribution in [1.82, 2.24) is 9.88 Å². The van der Waals surface area contributed by atoms with Crippen LogP contribution in [0, 0.1) is 5.92 Å². The van der Waals surface area contributed by atoms with Gasteiger partial charge in [0, 0.05) is 31.7 Å². The van der Waals surface area contributed by atoms with Crippen molar-refractivity contribution in [3.8, 4) is 11.6 Å². The van der Waals surface area contributed by atoms with Gasteiger partial charge in [-0.3, -0.25) is 9.59 Å². The van der Waals surface area contributed by atoms with Crippen molar-refractivity contribution in [3.05, 3.63) is 48.7 Å². The van der Waals surface area contributed by atoms with E-state index in [1.54, 1.807) is 18.3 Å². The van der Waals surface area contributed by atoms with Crippen molar-refractivity contribution in [3.63, 3.8) is 0 Å². The number of carbonyl (C=O) groups is 2. The fourth-order valence-corrected chi connectivity index (χ4v) is 3.87. The lowest BCUT2D eigenvalue weighted by Gasteiger charge is -2.34. The first-order valence-corrected chi connectivity index (χ1v) is 10.6. The number of para-hydroxylation sites is 1. The summed E-state index contributed by atoms with van der Waals surface area (Å²) in [6.45, 7) is 1.86. The second-order valence-corrected chi connectivity index (χ2v) is 7.74. The number of ether oxygens (including phenoxy) is 2. The van der Waals surface area contributed by atoms with Gasteiger partial charge < -0.3 is 19.7 Å². The summed E-state index contributed by atoms with van der Waals surface area (Å²) in [4.78, 5) is 31.3. The van der Waals surface area contributed by atoms with Gasteiger partial charge in [0.2, 0.25) is 11.8 Å². The van der Waals surface area contributed by atoms with Crippen LogP contribution in [0.25, 0.3) is 0 Å². The molecule has 3 heterocycles. The maximum absolute atomic E-state index is 12.6. The number of nitrogens with one attached hydrogen (secondary N) is 1. The molecule has 158 valence electrons. The molecule has 1 atom stereocenters. The molecule has 2 amide bonds. The van der Waals surface area contributed by atoms with Crippen LogP contribution in [0.15, 0.2) is 48.7 Å². The molecule has 2 aliphatic heterocycles. The summed E-state index contributed by atoms with van der Waals surface area (Å²) in [5.74, 6) is 1.11. The fourth-order valence-electron chi connectivity index (χ4n) is 3.87. The van der Waals surface area contributed by atoms with E-state index in [1.165, 1.54) is 0 Å². The Morgan fingerprint density at radius 2 is 1.83 bits per heavy atom. The molecule has 30 heavy (non-hydrogen) atoms. The smallest absolute Gasteiger partial charge is 0.251 e. The summed E-state index contributed by atoms with van der Waals surface area (Å²) in [5.41, 5.74) is 0.634. The highest BCUT2D eigenvalue weighted by Crippen LogP contribution is 2.24. The lowest BCUT2D eigenvalue weighted by molar-refractivity contribution is -0.148. The van der Waals surface area contributed by atoms with Gasteiger partial charge in [-0.1, -0.05) is 18.2 Å². The summed E-state index contributed by atoms with van der Waals surface area (Å²) in [6.07, 6.45) is 5.48. The third-order valence-electron chi connectivity index (χ3n) is 5.60. The molecule has 0 radical (unpaired) electrons. The Balaban J connectivity index is 1.25. The molecule has 1 N–H and O–H groups in total. The average Bonchev–Trinajstić information content (AvgIpc) is 2.81. The Morgan fingerprint density at radius 3 is 2.50 bits per heavy atom. The molecule has 1 aromatic heterocycles. The zero-order valence-corrected chi connectivity index (χ0v) is 17.0. The van der Waals surface area contributed by atoms with E-state index in [4.69, 9.17) is 9.47 Å². The van der Waals surface area contributed by atoms with Crippen molar-refractivity contribution in [2.75, 3.05) is 25.0 Å². The number of likely N-dealkylation sites (tertiary alicyclic amines) is 1. The predicted octanol–water partition coefficient (Wildman–Crippen LogP) is 3.62. The molecular formula is C23H27N3O4. The third-order valence-corrected chi connectivity index (χ3v) is 5.60. The maximum atomic E-state index is 12.6. The Labute approximate surface area is 176 Å². The van der Waals surface area contributed by atoms with Crippen LogP contribution in [0.1, 0.15) is 32.1 Å². The van der Waals surface area contributed by atoms with Crippen LogP contribution in [0.3, 0.4) is 0 Å². The molecule has 0 bridgehead atoms. The SMILES string of the molecule is O=C(Nc1ccc(Oc2ccccc2)nc1)C1CCN(C(=O)[C@H]2CCCCO2)CC1. The quantitative estimate of drug-likeness (QED) is 0.816. The number of piperidine rings is 1. The highest BCUT2D eigenvalue weighted by atomic mass is 16.5. The number of carbonyl (C=O) groups excluding carboxylic acids is 2. The second-order valence-electron chi connectivity index (χ2n) is 7.74. The van der Waals surface area contributed by atoms with E-state index in [9.17, 15) is 9.59 Å². The predicted molar refractivity (Wildman–Crippen MR) is 112 cm³/mol. The molecule has 7 nitrogen and oxygen atoms in total. The molecular weight excluding hydrogens is 382 g/mol. The molecule has 2 saturated heterocycles. The first kappa shape index (κ1) is 20.3. The second kappa shape index (κ2) is 9.71. The van der Waals surface area contributed by atoms with Crippen LogP contribution in [-0.2, 0) is 14.3 Å². The van der Waals surface area contributed by atoms with Crippen molar-refractivity contribution in [2.24, 2.45) is 5.92 Å². The van der Waals surface area contributed by atoms with Gasteiger partial charge in [-0.2, -0.15) is 0 Å². The number of amides is 2. The van der Waals surface area contributed by atoms with Crippen LogP contribution in [0.2, 0.25) is 0 Å². The number of hydrogen-bond acceptors (Lipinski definition) is 5. The van der Waals surface area contributed by atoms with E-state index in [2.05, 4.69) is 10.3 Å². The van der Waals surface area contributed by atoms with Crippen molar-refractivity contribution in [1.29, 1.82) is 0 Å². The van der Waals surface area contributed by atoms with Gasteiger partial charge in [0.05, 0.1) is 11.9 Å². The van der Waals surface area contributed by atoms with E-state index in [0.29, 0.717) is 49.9 Å². The number of anilines is 1. The van der Waals surface area contributed by atoms with Crippen LogP contribution in [-0.4, -0.2) is 47.5 Å². The molecule has 2 aromatic rings. The monoisotopic (exact) mass is 409 g/mol. The van der Waals surface area contributed by atoms with Gasteiger partial charge in [-0.05, 0) is 50.3 Å². The summed E-state index contributed by atoms with van der Waals surface area (Å²) in [6, 6.07) is 12.9. The van der Waals surface area contributed by atoms with Crippen LogP contribution in [0.4, 0.5) is 5.69 Å². The first-order chi connectivity index (χ1) is 14.7. The minimum Gasteiger partial charge on any atom is -0.439 e. The number of rotatable bonds is 5. The van der Waals surface area contributed by atoms with E-state index in [0.717, 1.165) is 19.3 Å². The van der Waals surface area contributed by atoms with Gasteiger partial charge in [0.1, 0.15) is 11.9 Å². The summed E-state index contributed by atoms with van der Waals surface area (Å²) in [5, 5.41) is 2.93.